The normalized spacial score (nSPS) is 16.4. The summed E-state index contributed by atoms with van der Waals surface area (Å²) >= 11 is 0. The number of carbonyl (C=O) groups excluding carboxylic acids is 1. The van der Waals surface area contributed by atoms with E-state index in [1.165, 1.54) is 17.3 Å². The number of hydrogen-bond donors (Lipinski definition) is 3. The van der Waals surface area contributed by atoms with Crippen LogP contribution in [0.15, 0.2) is 37.2 Å². The van der Waals surface area contributed by atoms with Gasteiger partial charge in [0.2, 0.25) is 0 Å². The van der Waals surface area contributed by atoms with Crippen molar-refractivity contribution >= 4 is 11.7 Å². The Morgan fingerprint density at radius 2 is 2.38 bits per heavy atom. The second-order valence-electron chi connectivity index (χ2n) is 5.63. The van der Waals surface area contributed by atoms with Gasteiger partial charge in [-0.15, -0.1) is 0 Å². The van der Waals surface area contributed by atoms with Gasteiger partial charge in [0.05, 0.1) is 11.9 Å². The molecule has 1 aliphatic carbocycles. The Balaban J connectivity index is 1.44. The number of H-pyrrole nitrogens is 1. The summed E-state index contributed by atoms with van der Waals surface area (Å²) in [7, 11) is 0. The summed E-state index contributed by atoms with van der Waals surface area (Å²) in [6, 6.07) is 3.36. The molecule has 3 heterocycles. The summed E-state index contributed by atoms with van der Waals surface area (Å²) < 4.78 is 1.51. The Hall–Kier alpha value is -3.23. The van der Waals surface area contributed by atoms with Gasteiger partial charge in [0.1, 0.15) is 12.7 Å². The zero-order chi connectivity index (χ0) is 16.4. The van der Waals surface area contributed by atoms with E-state index in [4.69, 9.17) is 0 Å². The molecule has 1 aliphatic rings. The number of aromatic amines is 1. The van der Waals surface area contributed by atoms with Gasteiger partial charge >= 0.3 is 6.03 Å². The molecule has 0 saturated heterocycles. The van der Waals surface area contributed by atoms with Crippen LogP contribution in [-0.4, -0.2) is 42.0 Å². The monoisotopic (exact) mass is 324 g/mol. The summed E-state index contributed by atoms with van der Waals surface area (Å²) in [6.45, 7) is 0. The molecule has 0 aliphatic heterocycles. The molecule has 4 rings (SSSR count). The van der Waals surface area contributed by atoms with E-state index in [-0.39, 0.29) is 12.1 Å². The second kappa shape index (κ2) is 6.11. The van der Waals surface area contributed by atoms with E-state index in [2.05, 4.69) is 35.9 Å². The minimum atomic E-state index is -0.263. The van der Waals surface area contributed by atoms with Gasteiger partial charge in [-0.1, -0.05) is 0 Å². The molecule has 3 N–H and O–H groups in total. The first-order chi connectivity index (χ1) is 11.8. The first kappa shape index (κ1) is 14.4. The zero-order valence-electron chi connectivity index (χ0n) is 12.8. The number of anilines is 1. The van der Waals surface area contributed by atoms with E-state index in [0.29, 0.717) is 11.5 Å². The molecule has 122 valence electrons. The van der Waals surface area contributed by atoms with Crippen LogP contribution in [0.1, 0.15) is 17.7 Å². The van der Waals surface area contributed by atoms with Gasteiger partial charge in [-0.2, -0.15) is 10.2 Å². The molecule has 24 heavy (non-hydrogen) atoms. The van der Waals surface area contributed by atoms with Crippen molar-refractivity contribution in [3.8, 4) is 5.82 Å². The third-order valence-corrected chi connectivity index (χ3v) is 4.02. The van der Waals surface area contributed by atoms with E-state index in [1.54, 1.807) is 18.3 Å². The molecular weight excluding hydrogens is 308 g/mol. The number of nitrogens with one attached hydrogen (secondary N) is 3. The predicted molar refractivity (Wildman–Crippen MR) is 85.7 cm³/mol. The largest absolute Gasteiger partial charge is 0.335 e. The molecule has 0 aromatic carbocycles. The molecule has 3 aromatic rings. The van der Waals surface area contributed by atoms with Crippen LogP contribution in [0.5, 0.6) is 0 Å². The van der Waals surface area contributed by atoms with Crippen molar-refractivity contribution in [3.63, 3.8) is 0 Å². The molecule has 9 nitrogen and oxygen atoms in total. The fraction of sp³-hybridized carbons (Fsp3) is 0.267. The van der Waals surface area contributed by atoms with Gasteiger partial charge in [0.15, 0.2) is 5.82 Å². The molecule has 0 saturated carbocycles. The molecule has 9 heteroatoms. The first-order valence-corrected chi connectivity index (χ1v) is 7.68. The number of aryl methyl sites for hydroxylation is 1. The van der Waals surface area contributed by atoms with Gasteiger partial charge in [-0.05, 0) is 37.0 Å². The highest BCUT2D eigenvalue weighted by Crippen LogP contribution is 2.19. The number of urea groups is 1. The third-order valence-electron chi connectivity index (χ3n) is 4.02. The summed E-state index contributed by atoms with van der Waals surface area (Å²) in [5.41, 5.74) is 2.89. The van der Waals surface area contributed by atoms with Crippen LogP contribution in [0.2, 0.25) is 0 Å². The highest BCUT2D eigenvalue weighted by atomic mass is 16.2. The average molecular weight is 324 g/mol. The lowest BCUT2D eigenvalue weighted by Crippen LogP contribution is -2.41. The summed E-state index contributed by atoms with van der Waals surface area (Å²) in [5, 5.41) is 16.9. The van der Waals surface area contributed by atoms with Crippen LogP contribution in [0.4, 0.5) is 10.5 Å². The number of carbonyl (C=O) groups is 1. The summed E-state index contributed by atoms with van der Waals surface area (Å²) in [5.74, 6) is 0.519. The van der Waals surface area contributed by atoms with Gasteiger partial charge < -0.3 is 10.6 Å². The minimum absolute atomic E-state index is 0.0848. The standard InChI is InChI=1S/C15H16N8O/c24-15(20-11-3-4-12-10(6-11)7-18-22-12)21-13-2-1-5-17-14(13)23-9-16-8-19-23/h1-2,5,7-9,11H,3-4,6H2,(H,18,22)(H2,20,21,24)/t11-/m1/s1. The van der Waals surface area contributed by atoms with Crippen molar-refractivity contribution in [1.82, 2.24) is 35.3 Å². The van der Waals surface area contributed by atoms with Crippen molar-refractivity contribution in [2.24, 2.45) is 0 Å². The van der Waals surface area contributed by atoms with E-state index >= 15 is 0 Å². The Morgan fingerprint density at radius 1 is 1.42 bits per heavy atom. The van der Waals surface area contributed by atoms with Crippen molar-refractivity contribution in [1.29, 1.82) is 0 Å². The first-order valence-electron chi connectivity index (χ1n) is 7.68. The van der Waals surface area contributed by atoms with Crippen LogP contribution in [0.25, 0.3) is 5.82 Å². The fourth-order valence-corrected chi connectivity index (χ4v) is 2.88. The molecule has 3 aromatic heterocycles. The SMILES string of the molecule is O=C(Nc1cccnc1-n1cncn1)N[C@@H]1CCc2[nH]ncc2C1. The lowest BCUT2D eigenvalue weighted by atomic mass is 9.94. The topological polar surface area (TPSA) is 113 Å². The van der Waals surface area contributed by atoms with Crippen LogP contribution in [0, 0.1) is 0 Å². The highest BCUT2D eigenvalue weighted by molar-refractivity contribution is 5.91. The van der Waals surface area contributed by atoms with Crippen LogP contribution in [-0.2, 0) is 12.8 Å². The number of hydrogen-bond acceptors (Lipinski definition) is 5. The number of amides is 2. The van der Waals surface area contributed by atoms with Gasteiger partial charge in [-0.3, -0.25) is 5.10 Å². The average Bonchev–Trinajstić information content (AvgIpc) is 3.26. The maximum Gasteiger partial charge on any atom is 0.319 e. The minimum Gasteiger partial charge on any atom is -0.335 e. The van der Waals surface area contributed by atoms with Crippen LogP contribution >= 0.6 is 0 Å². The third kappa shape index (κ3) is 2.83. The number of pyridine rings is 1. The van der Waals surface area contributed by atoms with E-state index < -0.39 is 0 Å². The molecule has 0 fully saturated rings. The van der Waals surface area contributed by atoms with E-state index in [9.17, 15) is 4.79 Å². The number of aromatic nitrogens is 6. The maximum atomic E-state index is 12.3. The van der Waals surface area contributed by atoms with Crippen molar-refractivity contribution in [2.45, 2.75) is 25.3 Å². The van der Waals surface area contributed by atoms with Crippen molar-refractivity contribution in [2.75, 3.05) is 5.32 Å². The molecular formula is C15H16N8O. The number of fused-ring (bicyclic) bond motifs is 1. The lowest BCUT2D eigenvalue weighted by Gasteiger charge is -2.23. The predicted octanol–water partition coefficient (Wildman–Crippen LogP) is 1.06. The molecule has 0 unspecified atom stereocenters. The van der Waals surface area contributed by atoms with Crippen LogP contribution in [0.3, 0.4) is 0 Å². The smallest absolute Gasteiger partial charge is 0.319 e. The molecule has 2 amide bonds. The van der Waals surface area contributed by atoms with Gasteiger partial charge in [-0.25, -0.2) is 19.4 Å². The Bertz CT molecular complexity index is 841. The Kier molecular flexibility index (Phi) is 3.66. The molecule has 0 bridgehead atoms. The van der Waals surface area contributed by atoms with Crippen molar-refractivity contribution in [3.05, 3.63) is 48.4 Å². The summed E-state index contributed by atoms with van der Waals surface area (Å²) in [4.78, 5) is 20.5. The summed E-state index contributed by atoms with van der Waals surface area (Å²) in [6.07, 6.45) is 8.97. The maximum absolute atomic E-state index is 12.3. The van der Waals surface area contributed by atoms with Gasteiger partial charge in [0, 0.05) is 17.9 Å². The zero-order valence-corrected chi connectivity index (χ0v) is 12.8. The van der Waals surface area contributed by atoms with Crippen LogP contribution < -0.4 is 10.6 Å². The van der Waals surface area contributed by atoms with Gasteiger partial charge in [0.25, 0.3) is 0 Å². The quantitative estimate of drug-likeness (QED) is 0.667. The fourth-order valence-electron chi connectivity index (χ4n) is 2.88. The molecule has 1 atom stereocenters. The Morgan fingerprint density at radius 3 is 3.25 bits per heavy atom. The highest BCUT2D eigenvalue weighted by Gasteiger charge is 2.22. The molecule has 0 radical (unpaired) electrons. The van der Waals surface area contributed by atoms with E-state index in [0.717, 1.165) is 30.5 Å². The molecule has 0 spiro atoms. The lowest BCUT2D eigenvalue weighted by molar-refractivity contribution is 0.247. The second-order valence-corrected chi connectivity index (χ2v) is 5.63. The Labute approximate surface area is 137 Å². The number of nitrogens with zero attached hydrogens (tertiary/aromatic N) is 5. The van der Waals surface area contributed by atoms with Crippen molar-refractivity contribution < 1.29 is 4.79 Å². The number of rotatable bonds is 3. The van der Waals surface area contributed by atoms with E-state index in [1.807, 2.05) is 6.20 Å².